The summed E-state index contributed by atoms with van der Waals surface area (Å²) in [6, 6.07) is 11.5. The topological polar surface area (TPSA) is 48.8 Å². The van der Waals surface area contributed by atoms with Gasteiger partial charge in [-0.25, -0.2) is 4.98 Å². The summed E-state index contributed by atoms with van der Waals surface area (Å²) in [5.41, 5.74) is 2.66. The monoisotopic (exact) mass is 319 g/mol. The van der Waals surface area contributed by atoms with Gasteiger partial charge in [0.2, 0.25) is 0 Å². The molecule has 0 atom stereocenters. The van der Waals surface area contributed by atoms with Gasteiger partial charge in [-0.1, -0.05) is 41.9 Å². The number of aromatic nitrogens is 1. The normalized spacial score (nSPS) is 9.26. The molecule has 0 unspecified atom stereocenters. The largest absolute Gasteiger partial charge is 0.340 e. The van der Waals surface area contributed by atoms with Gasteiger partial charge in [0.25, 0.3) is 0 Å². The van der Waals surface area contributed by atoms with Gasteiger partial charge in [0.15, 0.2) is 0 Å². The van der Waals surface area contributed by atoms with Crippen molar-refractivity contribution in [3.63, 3.8) is 0 Å². The van der Waals surface area contributed by atoms with E-state index in [0.29, 0.717) is 0 Å². The molecule has 19 heavy (non-hydrogen) atoms. The Bertz CT molecular complexity index is 553. The molecule has 0 radical (unpaired) electrons. The van der Waals surface area contributed by atoms with Crippen molar-refractivity contribution in [3.8, 4) is 0 Å². The van der Waals surface area contributed by atoms with Crippen molar-refractivity contribution in [1.29, 1.82) is 5.41 Å². The fourth-order valence-electron chi connectivity index (χ4n) is 1.51. The first-order valence-corrected chi connectivity index (χ1v) is 6.99. The van der Waals surface area contributed by atoms with Crippen molar-refractivity contribution in [1.82, 2.24) is 4.98 Å². The first kappa shape index (κ1) is 15.4. The van der Waals surface area contributed by atoms with Crippen LogP contribution in [0.1, 0.15) is 25.1 Å². The zero-order chi connectivity index (χ0) is 14.3. The smallest absolute Gasteiger partial charge is 0.130 e. The lowest BCUT2D eigenvalue weighted by molar-refractivity contribution is 1.20. The maximum Gasteiger partial charge on any atom is 0.130 e. The molecule has 1 aromatic heterocycles. The Morgan fingerprint density at radius 2 is 1.95 bits per heavy atom. The molecule has 0 aliphatic heterocycles. The molecular weight excluding hydrogens is 302 g/mol. The minimum Gasteiger partial charge on any atom is -0.340 e. The van der Waals surface area contributed by atoms with E-state index in [9.17, 15) is 0 Å². The summed E-state index contributed by atoms with van der Waals surface area (Å²) in [7, 11) is 0. The van der Waals surface area contributed by atoms with Gasteiger partial charge in [0, 0.05) is 27.6 Å². The predicted octanol–water partition coefficient (Wildman–Crippen LogP) is 4.92. The molecule has 2 aromatic rings. The molecule has 1 heterocycles. The summed E-state index contributed by atoms with van der Waals surface area (Å²) in [6.45, 7) is 5.95. The number of benzene rings is 1. The van der Waals surface area contributed by atoms with E-state index in [0.717, 1.165) is 27.2 Å². The van der Waals surface area contributed by atoms with Crippen molar-refractivity contribution >= 4 is 33.6 Å². The number of halogens is 1. The molecule has 3 nitrogen and oxygen atoms in total. The molecule has 100 valence electrons. The number of rotatable bonds is 3. The van der Waals surface area contributed by atoms with Crippen LogP contribution < -0.4 is 5.32 Å². The molecule has 0 saturated carbocycles. The summed E-state index contributed by atoms with van der Waals surface area (Å²) in [5.74, 6) is 0.784. The second-order valence-corrected chi connectivity index (χ2v) is 4.58. The van der Waals surface area contributed by atoms with Gasteiger partial charge in [-0.3, -0.25) is 0 Å². The molecule has 2 N–H and O–H groups in total. The number of anilines is 2. The van der Waals surface area contributed by atoms with E-state index in [1.165, 1.54) is 6.21 Å². The standard InChI is InChI=1S/C13H12BrN3.C2H6/c1-9-3-2-4-13(16-9)17-12-7-11(14)6-5-10(12)8-15;1-2/h2-8,15H,1H3,(H,16,17);1-2H3. The molecular formula is C15H18BrN3. The third-order valence-corrected chi connectivity index (χ3v) is 2.82. The number of pyridine rings is 1. The van der Waals surface area contributed by atoms with E-state index >= 15 is 0 Å². The molecule has 0 bridgehead atoms. The lowest BCUT2D eigenvalue weighted by atomic mass is 10.2. The Morgan fingerprint density at radius 1 is 1.21 bits per heavy atom. The van der Waals surface area contributed by atoms with E-state index in [1.807, 2.05) is 57.2 Å². The highest BCUT2D eigenvalue weighted by molar-refractivity contribution is 9.10. The SMILES string of the molecule is CC.Cc1cccc(Nc2cc(Br)ccc2C=N)n1. The molecule has 0 saturated heterocycles. The van der Waals surface area contributed by atoms with Crippen LogP contribution in [-0.2, 0) is 0 Å². The van der Waals surface area contributed by atoms with Crippen molar-refractivity contribution in [3.05, 3.63) is 52.1 Å². The van der Waals surface area contributed by atoms with Crippen LogP contribution in [0.2, 0.25) is 0 Å². The zero-order valence-corrected chi connectivity index (χ0v) is 13.0. The Morgan fingerprint density at radius 3 is 2.58 bits per heavy atom. The maximum absolute atomic E-state index is 7.36. The van der Waals surface area contributed by atoms with Gasteiger partial charge >= 0.3 is 0 Å². The highest BCUT2D eigenvalue weighted by atomic mass is 79.9. The minimum absolute atomic E-state index is 0.784. The van der Waals surface area contributed by atoms with Gasteiger partial charge in [0.1, 0.15) is 5.82 Å². The summed E-state index contributed by atoms with van der Waals surface area (Å²) < 4.78 is 0.971. The van der Waals surface area contributed by atoms with E-state index in [2.05, 4.69) is 26.2 Å². The zero-order valence-electron chi connectivity index (χ0n) is 11.4. The van der Waals surface area contributed by atoms with E-state index < -0.39 is 0 Å². The Balaban J connectivity index is 0.000000861. The lowest BCUT2D eigenvalue weighted by Crippen LogP contribution is -1.98. The van der Waals surface area contributed by atoms with Gasteiger partial charge in [-0.15, -0.1) is 0 Å². The summed E-state index contributed by atoms with van der Waals surface area (Å²) in [5, 5.41) is 10.6. The first-order chi connectivity index (χ1) is 9.19. The second-order valence-electron chi connectivity index (χ2n) is 3.67. The van der Waals surface area contributed by atoms with Gasteiger partial charge in [-0.05, 0) is 31.2 Å². The highest BCUT2D eigenvalue weighted by Gasteiger charge is 2.02. The first-order valence-electron chi connectivity index (χ1n) is 6.20. The molecule has 0 spiro atoms. The molecule has 0 aliphatic carbocycles. The van der Waals surface area contributed by atoms with Crippen LogP contribution in [0.3, 0.4) is 0 Å². The van der Waals surface area contributed by atoms with Gasteiger partial charge < -0.3 is 10.7 Å². The third kappa shape index (κ3) is 4.48. The summed E-state index contributed by atoms with van der Waals surface area (Å²) in [4.78, 5) is 4.37. The second kappa shape index (κ2) is 7.69. The minimum atomic E-state index is 0.784. The number of nitrogens with zero attached hydrogens (tertiary/aromatic N) is 1. The molecule has 0 fully saturated rings. The lowest BCUT2D eigenvalue weighted by Gasteiger charge is -2.09. The molecule has 0 amide bonds. The van der Waals surface area contributed by atoms with E-state index in [1.54, 1.807) is 0 Å². The number of hydrogen-bond acceptors (Lipinski definition) is 3. The van der Waals surface area contributed by atoms with Gasteiger partial charge in [0.05, 0.1) is 0 Å². The van der Waals surface area contributed by atoms with E-state index in [4.69, 9.17) is 5.41 Å². The molecule has 4 heteroatoms. The molecule has 0 aliphatic rings. The van der Waals surface area contributed by atoms with E-state index in [-0.39, 0.29) is 0 Å². The van der Waals surface area contributed by atoms with Gasteiger partial charge in [-0.2, -0.15) is 0 Å². The van der Waals surface area contributed by atoms with Crippen molar-refractivity contribution in [2.75, 3.05) is 5.32 Å². The Hall–Kier alpha value is -1.68. The molecule has 2 rings (SSSR count). The van der Waals surface area contributed by atoms with Crippen molar-refractivity contribution in [2.24, 2.45) is 0 Å². The maximum atomic E-state index is 7.36. The average Bonchev–Trinajstić information content (AvgIpc) is 2.41. The Labute approximate surface area is 122 Å². The summed E-state index contributed by atoms with van der Waals surface area (Å²) >= 11 is 3.42. The highest BCUT2D eigenvalue weighted by Crippen LogP contribution is 2.23. The Kier molecular flexibility index (Phi) is 6.22. The van der Waals surface area contributed by atoms with Crippen LogP contribution >= 0.6 is 15.9 Å². The van der Waals surface area contributed by atoms with Crippen LogP contribution in [-0.4, -0.2) is 11.2 Å². The quantitative estimate of drug-likeness (QED) is 0.789. The predicted molar refractivity (Wildman–Crippen MR) is 85.6 cm³/mol. The fraction of sp³-hybridized carbons (Fsp3) is 0.200. The van der Waals surface area contributed by atoms with Crippen molar-refractivity contribution in [2.45, 2.75) is 20.8 Å². The summed E-state index contributed by atoms with van der Waals surface area (Å²) in [6.07, 6.45) is 1.32. The average molecular weight is 320 g/mol. The fourth-order valence-corrected chi connectivity index (χ4v) is 1.87. The van der Waals surface area contributed by atoms with Crippen LogP contribution in [0.25, 0.3) is 0 Å². The number of hydrogen-bond donors (Lipinski definition) is 2. The third-order valence-electron chi connectivity index (χ3n) is 2.32. The van der Waals surface area contributed by atoms with Crippen LogP contribution in [0.4, 0.5) is 11.5 Å². The number of aryl methyl sites for hydroxylation is 1. The van der Waals surface area contributed by atoms with Crippen molar-refractivity contribution < 1.29 is 0 Å². The number of nitrogens with one attached hydrogen (secondary N) is 2. The van der Waals surface area contributed by atoms with Crippen LogP contribution in [0.15, 0.2) is 40.9 Å². The van der Waals surface area contributed by atoms with Crippen LogP contribution in [0.5, 0.6) is 0 Å². The van der Waals surface area contributed by atoms with Crippen LogP contribution in [0, 0.1) is 12.3 Å². The molecule has 1 aromatic carbocycles.